The number of amides is 3. The fraction of sp³-hybridized carbons (Fsp3) is 0.367. The summed E-state index contributed by atoms with van der Waals surface area (Å²) in [6.07, 6.45) is 9.85. The van der Waals surface area contributed by atoms with Gasteiger partial charge in [-0.15, -0.1) is 11.3 Å². The number of anilines is 2. The number of aliphatic carboxylic acids is 1. The Bertz CT molecular complexity index is 3120. The molecule has 3 amide bonds. The van der Waals surface area contributed by atoms with Crippen LogP contribution in [-0.2, 0) is 24.4 Å². The second-order valence-corrected chi connectivity index (χ2v) is 22.1. The van der Waals surface area contributed by atoms with Crippen LogP contribution >= 0.6 is 22.9 Å². The van der Waals surface area contributed by atoms with Crippen molar-refractivity contribution in [2.24, 2.45) is 9.98 Å². The zero-order valence-electron chi connectivity index (χ0n) is 38.1. The van der Waals surface area contributed by atoms with Crippen molar-refractivity contribution >= 4 is 96.3 Å². The van der Waals surface area contributed by atoms with E-state index in [0.29, 0.717) is 40.2 Å². The fourth-order valence-electron chi connectivity index (χ4n) is 10.6. The van der Waals surface area contributed by atoms with Gasteiger partial charge in [0.15, 0.2) is 17.2 Å². The molecular formula is C49H49ClN8O10S2. The number of nitrogens with zero attached hydrogens (tertiary/aromatic N) is 6. The lowest BCUT2D eigenvalue weighted by atomic mass is 9.85. The van der Waals surface area contributed by atoms with Crippen LogP contribution in [0.25, 0.3) is 21.2 Å². The minimum atomic E-state index is -3.82. The van der Waals surface area contributed by atoms with Gasteiger partial charge in [-0.05, 0) is 105 Å². The summed E-state index contributed by atoms with van der Waals surface area (Å²) in [5, 5.41) is 26.6. The van der Waals surface area contributed by atoms with Gasteiger partial charge in [-0.3, -0.25) is 24.6 Å². The Labute approximate surface area is 412 Å². The van der Waals surface area contributed by atoms with Crippen LogP contribution in [0, 0.1) is 0 Å². The average molecular weight is 1010 g/mol. The molecule has 6 aliphatic heterocycles. The maximum Gasteiger partial charge on any atom is 0.349 e. The van der Waals surface area contributed by atoms with Crippen molar-refractivity contribution in [1.29, 1.82) is 0 Å². The molecule has 0 radical (unpaired) electrons. The molecule has 18 nitrogen and oxygen atoms in total. The van der Waals surface area contributed by atoms with Gasteiger partial charge in [0.2, 0.25) is 28.1 Å². The number of thiophene rings is 1. The number of aromatic carboxylic acids is 1. The highest BCUT2D eigenvalue weighted by Gasteiger charge is 2.44. The van der Waals surface area contributed by atoms with Crippen LogP contribution in [0.15, 0.2) is 89.1 Å². The van der Waals surface area contributed by atoms with Gasteiger partial charge in [0, 0.05) is 66.7 Å². The van der Waals surface area contributed by atoms with E-state index >= 15 is 0 Å². The first-order valence-electron chi connectivity index (χ1n) is 23.0. The second kappa shape index (κ2) is 18.3. The van der Waals surface area contributed by atoms with Crippen molar-refractivity contribution < 1.29 is 47.3 Å². The van der Waals surface area contributed by atoms with Gasteiger partial charge in [-0.1, -0.05) is 41.9 Å². The number of amidine groups is 1. The lowest BCUT2D eigenvalue weighted by Gasteiger charge is -2.45. The first kappa shape index (κ1) is 47.1. The summed E-state index contributed by atoms with van der Waals surface area (Å²) in [4.78, 5) is 77.1. The number of aliphatic imine (C=N–C) groups is 2. The molecule has 0 saturated carbocycles. The molecule has 3 fully saturated rings. The Morgan fingerprint density at radius 1 is 0.971 bits per heavy atom. The molecule has 4 N–H and O–H groups in total. The number of allylic oxidation sites excluding steroid dienone is 1. The number of fused-ring (bicyclic) bond motifs is 1. The Balaban J connectivity index is 0.771. The number of likely N-dealkylation sites (tertiary alicyclic amines) is 1. The summed E-state index contributed by atoms with van der Waals surface area (Å²) < 4.78 is 35.2. The number of imide groups is 1. The number of carboxylic acids is 2. The van der Waals surface area contributed by atoms with Crippen molar-refractivity contribution in [1.82, 2.24) is 19.4 Å². The molecule has 10 rings (SSSR count). The number of carbonyl (C=O) groups is 5. The number of carbonyl (C=O) groups excluding carboxylic acids is 3. The van der Waals surface area contributed by atoms with E-state index in [4.69, 9.17) is 31.4 Å². The molecule has 3 atom stereocenters. The van der Waals surface area contributed by atoms with Crippen molar-refractivity contribution in [2.45, 2.75) is 82.2 Å². The first-order valence-corrected chi connectivity index (χ1v) is 25.8. The highest BCUT2D eigenvalue weighted by Crippen LogP contribution is 2.47. The van der Waals surface area contributed by atoms with Crippen molar-refractivity contribution in [2.75, 3.05) is 42.2 Å². The Hall–Kier alpha value is -6.61. The molecule has 3 saturated heterocycles. The number of carboxylic acid groups (broad SMARTS) is 2. The summed E-state index contributed by atoms with van der Waals surface area (Å²) in [5.41, 5.74) is 3.38. The smallest absolute Gasteiger partial charge is 0.349 e. The van der Waals surface area contributed by atoms with Gasteiger partial charge >= 0.3 is 11.9 Å². The van der Waals surface area contributed by atoms with Gasteiger partial charge in [0.25, 0.3) is 5.91 Å². The van der Waals surface area contributed by atoms with E-state index in [2.05, 4.69) is 21.6 Å². The molecule has 3 aromatic carbocycles. The molecule has 7 heterocycles. The maximum absolute atomic E-state index is 14.2. The monoisotopic (exact) mass is 1010 g/mol. The van der Waals surface area contributed by atoms with Gasteiger partial charge in [-0.2, -0.15) is 4.31 Å². The predicted octanol–water partition coefficient (Wildman–Crippen LogP) is 6.49. The molecule has 0 spiro atoms. The average Bonchev–Trinajstić information content (AvgIpc) is 3.81. The van der Waals surface area contributed by atoms with E-state index in [1.807, 2.05) is 61.4 Å². The summed E-state index contributed by atoms with van der Waals surface area (Å²) in [5.74, 6) is -3.08. The standard InChI is InChI=1S/C49H49ClN8O10S2/c1-49(2)24-30(51-29-6-3-5-28(23-29)43-41(50)42(68-25-39(60)61)44(69-43)47(64)65)16-22-57(49)70(66,67)26-31-15-20-56-21-17-37(53-48(56)52-31)55-18-13-27(14-19-55)32-9-10-35-40-33(32)7-4-8-34(40)46(63)58(35)36-11-12-38(59)54-45(36)62/h3-10,15,17,20-21,23,27,30,36,48,51H,11-14,16,18-19,22,24-26H2,1-2H3,(H,60,61)(H,64,65)(H,54,59,62). The number of hydrogen-bond acceptors (Lipinski definition) is 14. The van der Waals surface area contributed by atoms with E-state index in [9.17, 15) is 37.5 Å². The number of nitrogens with one attached hydrogen (secondary N) is 2. The third kappa shape index (κ3) is 8.81. The summed E-state index contributed by atoms with van der Waals surface area (Å²) >= 11 is 7.43. The van der Waals surface area contributed by atoms with Crippen molar-refractivity contribution in [3.8, 4) is 16.2 Å². The quantitative estimate of drug-likeness (QED) is 0.111. The van der Waals surface area contributed by atoms with Gasteiger partial charge < -0.3 is 30.1 Å². The number of ether oxygens (including phenoxy) is 1. The van der Waals surface area contributed by atoms with Crippen LogP contribution in [0.3, 0.4) is 0 Å². The number of sulfonamides is 1. The zero-order chi connectivity index (χ0) is 49.2. The summed E-state index contributed by atoms with van der Waals surface area (Å²) in [7, 11) is -3.82. The lowest BCUT2D eigenvalue weighted by Crippen LogP contribution is -2.56. The first-order chi connectivity index (χ1) is 33.5. The normalized spacial score (nSPS) is 22.5. The van der Waals surface area contributed by atoms with Crippen molar-refractivity contribution in [3.63, 3.8) is 0 Å². The topological polar surface area (TPSA) is 231 Å². The van der Waals surface area contributed by atoms with E-state index in [1.54, 1.807) is 39.7 Å². The highest BCUT2D eigenvalue weighted by molar-refractivity contribution is 7.89. The second-order valence-electron chi connectivity index (χ2n) is 18.8. The molecule has 364 valence electrons. The number of benzene rings is 3. The van der Waals surface area contributed by atoms with Crippen LogP contribution in [-0.4, -0.2) is 130 Å². The summed E-state index contributed by atoms with van der Waals surface area (Å²) in [6.45, 7) is 4.77. The predicted molar refractivity (Wildman–Crippen MR) is 265 cm³/mol. The third-order valence-electron chi connectivity index (χ3n) is 13.8. The maximum atomic E-state index is 14.2. The summed E-state index contributed by atoms with van der Waals surface area (Å²) in [6, 6.07) is 16.1. The number of hydrogen-bond donors (Lipinski definition) is 4. The molecular weight excluding hydrogens is 960 g/mol. The minimum absolute atomic E-state index is 0.00530. The van der Waals surface area contributed by atoms with E-state index < -0.39 is 52.3 Å². The molecule has 21 heteroatoms. The van der Waals surface area contributed by atoms with E-state index in [-0.39, 0.29) is 64.6 Å². The van der Waals surface area contributed by atoms with Crippen LogP contribution < -0.4 is 20.3 Å². The van der Waals surface area contributed by atoms with E-state index in [1.165, 1.54) is 0 Å². The molecule has 1 aromatic heterocycles. The molecule has 0 aliphatic carbocycles. The van der Waals surface area contributed by atoms with Gasteiger partial charge in [-0.25, -0.2) is 28.0 Å². The van der Waals surface area contributed by atoms with Gasteiger partial charge in [0.1, 0.15) is 22.7 Å². The SMILES string of the molecule is CC1(C)CC(Nc2cccc(-c3sc(C(=O)O)c(OCC(=O)O)c3Cl)c2)CCN1S(=O)(=O)CC1=NC2N=C(N3CCC(c4ccc5c6c(cccc46)C(=O)N5C4CCC(=O)NC4=O)CC3)C=CN2C=C1. The van der Waals surface area contributed by atoms with E-state index in [0.717, 1.165) is 65.1 Å². The highest BCUT2D eigenvalue weighted by atomic mass is 35.5. The molecule has 3 unspecified atom stereocenters. The Kier molecular flexibility index (Phi) is 12.3. The van der Waals surface area contributed by atoms with Crippen LogP contribution in [0.2, 0.25) is 5.02 Å². The number of halogens is 1. The zero-order valence-corrected chi connectivity index (χ0v) is 40.5. The van der Waals surface area contributed by atoms with Crippen molar-refractivity contribution in [3.05, 3.63) is 100 Å². The molecule has 4 aromatic rings. The van der Waals surface area contributed by atoms with Crippen LogP contribution in [0.4, 0.5) is 11.4 Å². The minimum Gasteiger partial charge on any atom is -0.479 e. The number of rotatable bonds is 12. The van der Waals surface area contributed by atoms with Crippen LogP contribution in [0.5, 0.6) is 5.75 Å². The van der Waals surface area contributed by atoms with Gasteiger partial charge in [0.05, 0.1) is 16.3 Å². The largest absolute Gasteiger partial charge is 0.479 e. The Morgan fingerprint density at radius 2 is 1.74 bits per heavy atom. The number of piperidine rings is 3. The Morgan fingerprint density at radius 3 is 2.49 bits per heavy atom. The molecule has 6 aliphatic rings. The third-order valence-corrected chi connectivity index (χ3v) is 17.5. The van der Waals surface area contributed by atoms with Crippen LogP contribution in [0.1, 0.15) is 83.9 Å². The lowest BCUT2D eigenvalue weighted by molar-refractivity contribution is -0.139. The molecule has 0 bridgehead atoms. The molecule has 70 heavy (non-hydrogen) atoms. The fourth-order valence-corrected chi connectivity index (χ4v) is 13.9.